The zero-order valence-corrected chi connectivity index (χ0v) is 14.6. The van der Waals surface area contributed by atoms with Crippen LogP contribution in [0.1, 0.15) is 16.6 Å². The molecule has 0 fully saturated rings. The first-order valence-electron chi connectivity index (χ1n) is 7.39. The normalized spacial score (nSPS) is 10.7. The highest BCUT2D eigenvalue weighted by atomic mass is 32.2. The second-order valence-corrected chi connectivity index (χ2v) is 6.79. The van der Waals surface area contributed by atoms with Crippen molar-refractivity contribution in [2.45, 2.75) is 18.6 Å². The Balaban J connectivity index is 1.57. The van der Waals surface area contributed by atoms with Crippen LogP contribution in [0.25, 0.3) is 11.0 Å². The SMILES string of the molecule is CCn1c(SCC(=O)NNC(=O)c2cccs2)nc2ccccc21. The van der Waals surface area contributed by atoms with Crippen molar-refractivity contribution >= 4 is 45.9 Å². The second kappa shape index (κ2) is 7.50. The standard InChI is InChI=1S/C16H16N4O2S2/c1-2-20-12-7-4-3-6-11(12)17-16(20)24-10-14(21)18-19-15(22)13-8-5-9-23-13/h3-9H,2,10H2,1H3,(H,18,21)(H,19,22). The van der Waals surface area contributed by atoms with Crippen LogP contribution in [0.2, 0.25) is 0 Å². The van der Waals surface area contributed by atoms with Crippen molar-refractivity contribution in [1.29, 1.82) is 0 Å². The molecular formula is C16H16N4O2S2. The third-order valence-corrected chi connectivity index (χ3v) is 5.17. The Labute approximate surface area is 147 Å². The van der Waals surface area contributed by atoms with Gasteiger partial charge in [0.05, 0.1) is 21.7 Å². The number of imidazole rings is 1. The fourth-order valence-corrected chi connectivity index (χ4v) is 3.73. The molecule has 0 spiro atoms. The average molecular weight is 360 g/mol. The smallest absolute Gasteiger partial charge is 0.279 e. The molecule has 3 rings (SSSR count). The maximum Gasteiger partial charge on any atom is 0.279 e. The topological polar surface area (TPSA) is 76.0 Å². The molecule has 6 nitrogen and oxygen atoms in total. The number of carbonyl (C=O) groups excluding carboxylic acids is 2. The molecular weight excluding hydrogens is 344 g/mol. The second-order valence-electron chi connectivity index (χ2n) is 4.90. The van der Waals surface area contributed by atoms with Gasteiger partial charge in [0, 0.05) is 6.54 Å². The molecule has 0 saturated heterocycles. The van der Waals surface area contributed by atoms with E-state index >= 15 is 0 Å². The number of hydrogen-bond acceptors (Lipinski definition) is 5. The van der Waals surface area contributed by atoms with E-state index < -0.39 is 0 Å². The number of aromatic nitrogens is 2. The van der Waals surface area contributed by atoms with E-state index in [2.05, 4.69) is 20.4 Å². The summed E-state index contributed by atoms with van der Waals surface area (Å²) in [6.45, 7) is 2.82. The predicted molar refractivity (Wildman–Crippen MR) is 96.1 cm³/mol. The number of nitrogens with zero attached hydrogens (tertiary/aromatic N) is 2. The van der Waals surface area contributed by atoms with Gasteiger partial charge in [0.2, 0.25) is 5.91 Å². The first kappa shape index (κ1) is 16.5. The zero-order valence-electron chi connectivity index (χ0n) is 13.0. The van der Waals surface area contributed by atoms with E-state index in [9.17, 15) is 9.59 Å². The van der Waals surface area contributed by atoms with Crippen LogP contribution in [0.15, 0.2) is 46.9 Å². The number of thiophene rings is 1. The fourth-order valence-electron chi connectivity index (χ4n) is 2.23. The van der Waals surface area contributed by atoms with Crippen molar-refractivity contribution in [2.75, 3.05) is 5.75 Å². The first-order valence-corrected chi connectivity index (χ1v) is 9.26. The molecule has 0 atom stereocenters. The van der Waals surface area contributed by atoms with Crippen LogP contribution in [0.5, 0.6) is 0 Å². The Kier molecular flexibility index (Phi) is 5.17. The van der Waals surface area contributed by atoms with Crippen LogP contribution in [0.3, 0.4) is 0 Å². The van der Waals surface area contributed by atoms with Crippen LogP contribution in [0.4, 0.5) is 0 Å². The molecule has 8 heteroatoms. The Bertz CT molecular complexity index is 858. The number of hydrazine groups is 1. The molecule has 0 unspecified atom stereocenters. The van der Waals surface area contributed by atoms with Crippen molar-refractivity contribution in [3.63, 3.8) is 0 Å². The summed E-state index contributed by atoms with van der Waals surface area (Å²) in [5.41, 5.74) is 6.79. The molecule has 0 aliphatic carbocycles. The molecule has 2 amide bonds. The number of aryl methyl sites for hydroxylation is 1. The Hall–Kier alpha value is -2.32. The maximum absolute atomic E-state index is 11.9. The minimum Gasteiger partial charge on any atom is -0.319 e. The van der Waals surface area contributed by atoms with E-state index in [0.717, 1.165) is 22.7 Å². The van der Waals surface area contributed by atoms with Crippen LogP contribution >= 0.6 is 23.1 Å². The van der Waals surface area contributed by atoms with E-state index in [1.165, 1.54) is 23.1 Å². The number of hydrogen-bond donors (Lipinski definition) is 2. The van der Waals surface area contributed by atoms with E-state index in [4.69, 9.17) is 0 Å². The molecule has 2 aromatic heterocycles. The molecule has 0 aliphatic rings. The minimum absolute atomic E-state index is 0.175. The lowest BCUT2D eigenvalue weighted by molar-refractivity contribution is -0.119. The van der Waals surface area contributed by atoms with E-state index in [0.29, 0.717) is 4.88 Å². The molecule has 24 heavy (non-hydrogen) atoms. The van der Waals surface area contributed by atoms with Gasteiger partial charge in [-0.05, 0) is 30.5 Å². The largest absolute Gasteiger partial charge is 0.319 e. The van der Waals surface area contributed by atoms with Crippen molar-refractivity contribution in [1.82, 2.24) is 20.4 Å². The maximum atomic E-state index is 11.9. The number of benzene rings is 1. The number of rotatable bonds is 5. The highest BCUT2D eigenvalue weighted by Gasteiger charge is 2.12. The number of fused-ring (bicyclic) bond motifs is 1. The molecule has 2 heterocycles. The quantitative estimate of drug-likeness (QED) is 0.542. The molecule has 0 radical (unpaired) electrons. The summed E-state index contributed by atoms with van der Waals surface area (Å²) in [6.07, 6.45) is 0. The van der Waals surface area contributed by atoms with Gasteiger partial charge in [0.15, 0.2) is 5.16 Å². The lowest BCUT2D eigenvalue weighted by Crippen LogP contribution is -2.42. The van der Waals surface area contributed by atoms with E-state index in [-0.39, 0.29) is 17.6 Å². The molecule has 2 N–H and O–H groups in total. The molecule has 3 aromatic rings. The van der Waals surface area contributed by atoms with Crippen molar-refractivity contribution in [3.05, 3.63) is 46.7 Å². The average Bonchev–Trinajstić information content (AvgIpc) is 3.24. The van der Waals surface area contributed by atoms with Gasteiger partial charge in [-0.3, -0.25) is 20.4 Å². The number of nitrogens with one attached hydrogen (secondary N) is 2. The summed E-state index contributed by atoms with van der Waals surface area (Å²) >= 11 is 2.66. The highest BCUT2D eigenvalue weighted by Crippen LogP contribution is 2.23. The van der Waals surface area contributed by atoms with Crippen LogP contribution in [-0.2, 0) is 11.3 Å². The summed E-state index contributed by atoms with van der Waals surface area (Å²) in [6, 6.07) is 11.4. The van der Waals surface area contributed by atoms with Gasteiger partial charge in [-0.1, -0.05) is 30.0 Å². The Morgan fingerprint density at radius 2 is 2.04 bits per heavy atom. The zero-order chi connectivity index (χ0) is 16.9. The van der Waals surface area contributed by atoms with Gasteiger partial charge in [-0.15, -0.1) is 11.3 Å². The third kappa shape index (κ3) is 3.60. The predicted octanol–water partition coefficient (Wildman–Crippen LogP) is 2.67. The van der Waals surface area contributed by atoms with Gasteiger partial charge in [-0.25, -0.2) is 4.98 Å². The Morgan fingerprint density at radius 3 is 2.79 bits per heavy atom. The van der Waals surface area contributed by atoms with Crippen molar-refractivity contribution < 1.29 is 9.59 Å². The number of thioether (sulfide) groups is 1. The van der Waals surface area contributed by atoms with Gasteiger partial charge in [0.1, 0.15) is 0 Å². The Morgan fingerprint density at radius 1 is 1.21 bits per heavy atom. The number of carbonyl (C=O) groups is 2. The third-order valence-electron chi connectivity index (χ3n) is 3.33. The van der Waals surface area contributed by atoms with E-state index in [1.54, 1.807) is 12.1 Å². The molecule has 124 valence electrons. The monoisotopic (exact) mass is 360 g/mol. The summed E-state index contributed by atoms with van der Waals surface area (Å²) in [5.74, 6) is -0.419. The summed E-state index contributed by atoms with van der Waals surface area (Å²) < 4.78 is 2.07. The lowest BCUT2D eigenvalue weighted by Gasteiger charge is -2.07. The highest BCUT2D eigenvalue weighted by molar-refractivity contribution is 7.99. The first-order chi connectivity index (χ1) is 11.7. The van der Waals surface area contributed by atoms with Crippen LogP contribution in [-0.4, -0.2) is 27.1 Å². The number of para-hydroxylation sites is 2. The van der Waals surface area contributed by atoms with Gasteiger partial charge >= 0.3 is 0 Å². The summed E-state index contributed by atoms with van der Waals surface area (Å²) in [7, 11) is 0. The number of amides is 2. The summed E-state index contributed by atoms with van der Waals surface area (Å²) in [4.78, 5) is 28.8. The minimum atomic E-state index is -0.316. The van der Waals surface area contributed by atoms with Crippen molar-refractivity contribution in [2.24, 2.45) is 0 Å². The van der Waals surface area contributed by atoms with Gasteiger partial charge in [0.25, 0.3) is 5.91 Å². The van der Waals surface area contributed by atoms with Crippen LogP contribution < -0.4 is 10.9 Å². The lowest BCUT2D eigenvalue weighted by atomic mass is 10.3. The van der Waals surface area contributed by atoms with Gasteiger partial charge < -0.3 is 4.57 Å². The van der Waals surface area contributed by atoms with E-state index in [1.807, 2.05) is 36.6 Å². The van der Waals surface area contributed by atoms with Crippen molar-refractivity contribution in [3.8, 4) is 0 Å². The molecule has 0 bridgehead atoms. The molecule has 0 aliphatic heterocycles. The molecule has 1 aromatic carbocycles. The van der Waals surface area contributed by atoms with Gasteiger partial charge in [-0.2, -0.15) is 0 Å². The molecule has 0 saturated carbocycles. The van der Waals surface area contributed by atoms with Crippen LogP contribution in [0, 0.1) is 0 Å². The fraction of sp³-hybridized carbons (Fsp3) is 0.188. The summed E-state index contributed by atoms with van der Waals surface area (Å²) in [5, 5.41) is 2.60.